The predicted molar refractivity (Wildman–Crippen MR) is 79.8 cm³/mol. The SMILES string of the molecule is Cc1ccc(Cl)cc1OCCCCCCS(=O)(=O)Cl. The van der Waals surface area contributed by atoms with Gasteiger partial charge in [-0.25, -0.2) is 8.42 Å². The molecular formula is C13H18Cl2O3S. The van der Waals surface area contributed by atoms with Gasteiger partial charge in [-0.2, -0.15) is 0 Å². The van der Waals surface area contributed by atoms with Crippen molar-refractivity contribution in [2.45, 2.75) is 32.6 Å². The fourth-order valence-corrected chi connectivity index (χ4v) is 2.68. The Morgan fingerprint density at radius 2 is 1.84 bits per heavy atom. The zero-order valence-corrected chi connectivity index (χ0v) is 13.2. The number of ether oxygens (including phenoxy) is 1. The van der Waals surface area contributed by atoms with Crippen LogP contribution in [0.5, 0.6) is 5.75 Å². The minimum Gasteiger partial charge on any atom is -0.493 e. The standard InChI is InChI=1S/C13H18Cl2O3S/c1-11-6-7-12(14)10-13(11)18-8-4-2-3-5-9-19(15,16)17/h6-7,10H,2-5,8-9H2,1H3. The maximum atomic E-state index is 10.7. The van der Waals surface area contributed by atoms with Crippen molar-refractivity contribution in [1.29, 1.82) is 0 Å². The molecule has 0 spiro atoms. The molecular weight excluding hydrogens is 307 g/mol. The fraction of sp³-hybridized carbons (Fsp3) is 0.538. The van der Waals surface area contributed by atoms with Crippen molar-refractivity contribution < 1.29 is 13.2 Å². The Labute approximate surface area is 124 Å². The van der Waals surface area contributed by atoms with Crippen molar-refractivity contribution >= 4 is 31.3 Å². The van der Waals surface area contributed by atoms with Crippen LogP contribution in [-0.2, 0) is 9.05 Å². The number of unbranched alkanes of at least 4 members (excludes halogenated alkanes) is 3. The highest BCUT2D eigenvalue weighted by atomic mass is 35.7. The maximum Gasteiger partial charge on any atom is 0.232 e. The molecule has 3 nitrogen and oxygen atoms in total. The van der Waals surface area contributed by atoms with E-state index in [1.807, 2.05) is 19.1 Å². The number of hydrogen-bond donors (Lipinski definition) is 0. The quantitative estimate of drug-likeness (QED) is 0.532. The molecule has 0 heterocycles. The Bertz CT molecular complexity index is 501. The van der Waals surface area contributed by atoms with Gasteiger partial charge in [-0.3, -0.25) is 0 Å². The summed E-state index contributed by atoms with van der Waals surface area (Å²) in [5.74, 6) is 0.846. The number of benzene rings is 1. The number of rotatable bonds is 8. The number of aryl methyl sites for hydroxylation is 1. The molecule has 0 atom stereocenters. The second-order valence-corrected chi connectivity index (χ2v) is 7.75. The lowest BCUT2D eigenvalue weighted by atomic mass is 10.2. The van der Waals surface area contributed by atoms with E-state index in [-0.39, 0.29) is 5.75 Å². The van der Waals surface area contributed by atoms with E-state index in [1.54, 1.807) is 6.07 Å². The van der Waals surface area contributed by atoms with Gasteiger partial charge in [0.15, 0.2) is 0 Å². The van der Waals surface area contributed by atoms with Gasteiger partial charge in [0.1, 0.15) is 5.75 Å². The van der Waals surface area contributed by atoms with E-state index >= 15 is 0 Å². The van der Waals surface area contributed by atoms with Gasteiger partial charge in [-0.15, -0.1) is 0 Å². The molecule has 0 amide bonds. The van der Waals surface area contributed by atoms with Crippen molar-refractivity contribution in [1.82, 2.24) is 0 Å². The Morgan fingerprint density at radius 1 is 1.16 bits per heavy atom. The normalized spacial score (nSPS) is 11.5. The molecule has 1 aromatic rings. The van der Waals surface area contributed by atoms with Crippen LogP contribution in [-0.4, -0.2) is 20.8 Å². The second-order valence-electron chi connectivity index (χ2n) is 4.42. The van der Waals surface area contributed by atoms with Crippen molar-refractivity contribution in [2.24, 2.45) is 0 Å². The predicted octanol–water partition coefficient (Wildman–Crippen LogP) is 4.16. The third kappa shape index (κ3) is 7.65. The van der Waals surface area contributed by atoms with Crippen LogP contribution in [0.2, 0.25) is 5.02 Å². The molecule has 0 N–H and O–H groups in total. The van der Waals surface area contributed by atoms with E-state index in [0.29, 0.717) is 18.1 Å². The topological polar surface area (TPSA) is 43.4 Å². The smallest absolute Gasteiger partial charge is 0.232 e. The van der Waals surface area contributed by atoms with Gasteiger partial charge in [0.25, 0.3) is 0 Å². The fourth-order valence-electron chi connectivity index (χ4n) is 1.64. The van der Waals surface area contributed by atoms with E-state index in [4.69, 9.17) is 27.0 Å². The van der Waals surface area contributed by atoms with Gasteiger partial charge in [-0.1, -0.05) is 30.5 Å². The Balaban J connectivity index is 2.16. The van der Waals surface area contributed by atoms with Gasteiger partial charge >= 0.3 is 0 Å². The largest absolute Gasteiger partial charge is 0.493 e. The first-order valence-electron chi connectivity index (χ1n) is 6.20. The summed E-state index contributed by atoms with van der Waals surface area (Å²) in [5.41, 5.74) is 1.05. The molecule has 19 heavy (non-hydrogen) atoms. The van der Waals surface area contributed by atoms with Gasteiger partial charge in [0.05, 0.1) is 12.4 Å². The van der Waals surface area contributed by atoms with E-state index in [0.717, 1.165) is 30.6 Å². The molecule has 6 heteroatoms. The summed E-state index contributed by atoms with van der Waals surface area (Å²) in [4.78, 5) is 0. The number of halogens is 2. The lowest BCUT2D eigenvalue weighted by Gasteiger charge is -2.09. The average Bonchev–Trinajstić information content (AvgIpc) is 2.31. The Hall–Kier alpha value is -0.450. The van der Waals surface area contributed by atoms with Crippen LogP contribution < -0.4 is 4.74 Å². The highest BCUT2D eigenvalue weighted by Gasteiger charge is 2.04. The van der Waals surface area contributed by atoms with Crippen LogP contribution in [0.15, 0.2) is 18.2 Å². The van der Waals surface area contributed by atoms with Crippen molar-refractivity contribution in [3.8, 4) is 5.75 Å². The van der Waals surface area contributed by atoms with Crippen LogP contribution in [0, 0.1) is 6.92 Å². The summed E-state index contributed by atoms with van der Waals surface area (Å²) < 4.78 is 27.0. The summed E-state index contributed by atoms with van der Waals surface area (Å²) in [6, 6.07) is 5.55. The molecule has 0 aliphatic rings. The van der Waals surface area contributed by atoms with Gasteiger partial charge in [-0.05, 0) is 37.5 Å². The van der Waals surface area contributed by atoms with Gasteiger partial charge in [0.2, 0.25) is 9.05 Å². The lowest BCUT2D eigenvalue weighted by Crippen LogP contribution is -2.00. The molecule has 0 bridgehead atoms. The van der Waals surface area contributed by atoms with Crippen LogP contribution in [0.3, 0.4) is 0 Å². The molecule has 0 unspecified atom stereocenters. The first-order chi connectivity index (χ1) is 8.88. The average molecular weight is 325 g/mol. The van der Waals surface area contributed by atoms with E-state index in [2.05, 4.69) is 0 Å². The van der Waals surface area contributed by atoms with Crippen molar-refractivity contribution in [2.75, 3.05) is 12.4 Å². The van der Waals surface area contributed by atoms with Crippen molar-refractivity contribution in [3.63, 3.8) is 0 Å². The molecule has 0 fully saturated rings. The minimum atomic E-state index is -3.34. The Morgan fingerprint density at radius 3 is 2.53 bits per heavy atom. The molecule has 0 saturated heterocycles. The van der Waals surface area contributed by atoms with Gasteiger partial charge in [0, 0.05) is 15.7 Å². The molecule has 1 rings (SSSR count). The summed E-state index contributed by atoms with van der Waals surface area (Å²) in [5, 5.41) is 0.660. The molecule has 0 aliphatic carbocycles. The van der Waals surface area contributed by atoms with Crippen molar-refractivity contribution in [3.05, 3.63) is 28.8 Å². The lowest BCUT2D eigenvalue weighted by molar-refractivity contribution is 0.303. The van der Waals surface area contributed by atoms with E-state index in [9.17, 15) is 8.42 Å². The Kier molecular flexibility index (Phi) is 6.97. The minimum absolute atomic E-state index is 0.0445. The molecule has 0 aromatic heterocycles. The second kappa shape index (κ2) is 7.98. The third-order valence-electron chi connectivity index (χ3n) is 2.69. The van der Waals surface area contributed by atoms with Gasteiger partial charge < -0.3 is 4.74 Å². The first kappa shape index (κ1) is 16.6. The van der Waals surface area contributed by atoms with E-state index in [1.165, 1.54) is 0 Å². The molecule has 108 valence electrons. The molecule has 1 aromatic carbocycles. The van der Waals surface area contributed by atoms with Crippen LogP contribution in [0.4, 0.5) is 0 Å². The van der Waals surface area contributed by atoms with E-state index < -0.39 is 9.05 Å². The highest BCUT2D eigenvalue weighted by molar-refractivity contribution is 8.13. The monoisotopic (exact) mass is 324 g/mol. The summed E-state index contributed by atoms with van der Waals surface area (Å²) in [6.07, 6.45) is 3.24. The first-order valence-corrected chi connectivity index (χ1v) is 9.05. The maximum absolute atomic E-state index is 10.7. The van der Waals surface area contributed by atoms with Crippen LogP contribution in [0.25, 0.3) is 0 Å². The zero-order chi connectivity index (χ0) is 14.3. The zero-order valence-electron chi connectivity index (χ0n) is 10.9. The number of hydrogen-bond acceptors (Lipinski definition) is 3. The highest BCUT2D eigenvalue weighted by Crippen LogP contribution is 2.22. The van der Waals surface area contributed by atoms with Crippen LogP contribution >= 0.6 is 22.3 Å². The van der Waals surface area contributed by atoms with Crippen LogP contribution in [0.1, 0.15) is 31.2 Å². The summed E-state index contributed by atoms with van der Waals surface area (Å²) >= 11 is 5.89. The molecule has 0 saturated carbocycles. The molecule has 0 aliphatic heterocycles. The summed E-state index contributed by atoms with van der Waals surface area (Å²) in [6.45, 7) is 2.58. The molecule has 0 radical (unpaired) electrons. The summed E-state index contributed by atoms with van der Waals surface area (Å²) in [7, 11) is 1.78. The third-order valence-corrected chi connectivity index (χ3v) is 4.16.